The minimum atomic E-state index is -3.82. The number of thioether (sulfide) groups is 1. The van der Waals surface area contributed by atoms with Gasteiger partial charge in [-0.3, -0.25) is 4.55 Å². The fourth-order valence-corrected chi connectivity index (χ4v) is 2.54. The van der Waals surface area contributed by atoms with Gasteiger partial charge in [-0.25, -0.2) is 0 Å². The maximum atomic E-state index is 10.4. The summed E-state index contributed by atoms with van der Waals surface area (Å²) < 4.78 is 29.2. The van der Waals surface area contributed by atoms with Gasteiger partial charge < -0.3 is 1.43 Å². The molecule has 1 N–H and O–H groups in total. The van der Waals surface area contributed by atoms with Gasteiger partial charge in [-0.2, -0.15) is 8.42 Å². The first kappa shape index (κ1) is 14.5. The molecule has 0 saturated carbocycles. The van der Waals surface area contributed by atoms with Crippen LogP contribution >= 0.6 is 11.8 Å². The maximum absolute atomic E-state index is 10.4. The van der Waals surface area contributed by atoms with E-state index in [1.54, 1.807) is 0 Å². The molecule has 0 fully saturated rings. The second kappa shape index (κ2) is 6.87. The molecule has 0 atom stereocenters. The Morgan fingerprint density at radius 2 is 1.86 bits per heavy atom. The van der Waals surface area contributed by atoms with Crippen LogP contribution in [0.5, 0.6) is 0 Å². The van der Waals surface area contributed by atoms with Crippen molar-refractivity contribution in [3.8, 4) is 0 Å². The van der Waals surface area contributed by atoms with Crippen molar-refractivity contribution in [1.82, 2.24) is 0 Å². The SMILES string of the molecule is O=S(=O)(O)CCSc1ccccc1.[H-].[Na+]. The molecule has 0 aliphatic rings. The van der Waals surface area contributed by atoms with Gasteiger partial charge >= 0.3 is 29.6 Å². The van der Waals surface area contributed by atoms with Crippen molar-refractivity contribution in [2.45, 2.75) is 4.90 Å². The summed E-state index contributed by atoms with van der Waals surface area (Å²) in [4.78, 5) is 1.01. The number of rotatable bonds is 4. The Morgan fingerprint density at radius 1 is 1.29 bits per heavy atom. The average Bonchev–Trinajstić information content (AvgIpc) is 2.04. The summed E-state index contributed by atoms with van der Waals surface area (Å²) >= 11 is 1.41. The van der Waals surface area contributed by atoms with Gasteiger partial charge in [0.05, 0.1) is 5.75 Å². The van der Waals surface area contributed by atoms with E-state index in [2.05, 4.69) is 0 Å². The van der Waals surface area contributed by atoms with Crippen LogP contribution in [0.2, 0.25) is 0 Å². The number of hydrogen-bond donors (Lipinski definition) is 1. The van der Waals surface area contributed by atoms with E-state index in [4.69, 9.17) is 4.55 Å². The maximum Gasteiger partial charge on any atom is 1.00 e. The Kier molecular flexibility index (Phi) is 7.11. The largest absolute Gasteiger partial charge is 1.00 e. The second-order valence-electron chi connectivity index (χ2n) is 2.45. The molecule has 0 spiro atoms. The van der Waals surface area contributed by atoms with Gasteiger partial charge in [-0.15, -0.1) is 11.8 Å². The molecule has 1 aromatic carbocycles. The van der Waals surface area contributed by atoms with Gasteiger partial charge in [0.15, 0.2) is 0 Å². The van der Waals surface area contributed by atoms with Crippen LogP contribution in [0.25, 0.3) is 0 Å². The van der Waals surface area contributed by atoms with Crippen LogP contribution in [0.4, 0.5) is 0 Å². The van der Waals surface area contributed by atoms with Crippen molar-refractivity contribution in [2.75, 3.05) is 11.5 Å². The summed E-state index contributed by atoms with van der Waals surface area (Å²) in [5.41, 5.74) is 0. The first-order chi connectivity index (χ1) is 6.08. The predicted molar refractivity (Wildman–Crippen MR) is 54.7 cm³/mol. The number of hydrogen-bond acceptors (Lipinski definition) is 3. The summed E-state index contributed by atoms with van der Waals surface area (Å²) in [7, 11) is -3.82. The molecule has 0 aliphatic carbocycles. The standard InChI is InChI=1S/C8H10O3S2.Na.H/c9-13(10,11)7-6-12-8-4-2-1-3-5-8;;/h1-5H,6-7H2,(H,9,10,11);;/q;+1;-1. The third-order valence-electron chi connectivity index (χ3n) is 1.35. The van der Waals surface area contributed by atoms with E-state index in [1.165, 1.54) is 11.8 Å². The molecule has 0 aliphatic heterocycles. The molecule has 0 heterocycles. The summed E-state index contributed by atoms with van der Waals surface area (Å²) in [6.07, 6.45) is 0. The average molecular weight is 242 g/mol. The summed E-state index contributed by atoms with van der Waals surface area (Å²) in [5, 5.41) is 0. The zero-order valence-electron chi connectivity index (χ0n) is 8.88. The van der Waals surface area contributed by atoms with E-state index in [9.17, 15) is 8.42 Å². The molecular formula is C8H11NaO3S2. The van der Waals surface area contributed by atoms with Crippen molar-refractivity contribution in [3.05, 3.63) is 30.3 Å². The Labute approximate surface area is 112 Å². The Morgan fingerprint density at radius 3 is 2.36 bits per heavy atom. The minimum Gasteiger partial charge on any atom is -1.00 e. The van der Waals surface area contributed by atoms with Crippen LogP contribution in [0.3, 0.4) is 0 Å². The van der Waals surface area contributed by atoms with Gasteiger partial charge in [-0.05, 0) is 12.1 Å². The van der Waals surface area contributed by atoms with Crippen LogP contribution < -0.4 is 29.6 Å². The normalized spacial score (nSPS) is 10.6. The number of benzene rings is 1. The van der Waals surface area contributed by atoms with Gasteiger partial charge in [0, 0.05) is 10.6 Å². The quantitative estimate of drug-likeness (QED) is 0.409. The van der Waals surface area contributed by atoms with E-state index < -0.39 is 10.1 Å². The molecule has 0 aromatic heterocycles. The first-order valence-corrected chi connectivity index (χ1v) is 6.30. The van der Waals surface area contributed by atoms with Gasteiger partial charge in [0.1, 0.15) is 0 Å². The minimum absolute atomic E-state index is 0. The monoisotopic (exact) mass is 242 g/mol. The summed E-state index contributed by atoms with van der Waals surface area (Å²) in [6, 6.07) is 9.46. The second-order valence-corrected chi connectivity index (χ2v) is 5.19. The molecular weight excluding hydrogens is 231 g/mol. The Balaban J connectivity index is 0. The van der Waals surface area contributed by atoms with Crippen molar-refractivity contribution >= 4 is 21.9 Å². The summed E-state index contributed by atoms with van der Waals surface area (Å²) in [5.74, 6) is 0.176. The molecule has 0 unspecified atom stereocenters. The third-order valence-corrected chi connectivity index (χ3v) is 3.35. The van der Waals surface area contributed by atoms with Gasteiger partial charge in [0.2, 0.25) is 0 Å². The van der Waals surface area contributed by atoms with E-state index in [1.807, 2.05) is 30.3 Å². The zero-order valence-corrected chi connectivity index (χ0v) is 11.5. The molecule has 1 aromatic rings. The predicted octanol–water partition coefficient (Wildman–Crippen LogP) is -1.22. The molecule has 14 heavy (non-hydrogen) atoms. The molecule has 0 bridgehead atoms. The van der Waals surface area contributed by atoms with Crippen LogP contribution in [0.1, 0.15) is 1.43 Å². The van der Waals surface area contributed by atoms with Crippen molar-refractivity contribution < 1.29 is 44.0 Å². The zero-order chi connectivity index (χ0) is 9.73. The van der Waals surface area contributed by atoms with Crippen molar-refractivity contribution in [3.63, 3.8) is 0 Å². The van der Waals surface area contributed by atoms with Gasteiger partial charge in [0.25, 0.3) is 10.1 Å². The van der Waals surface area contributed by atoms with E-state index >= 15 is 0 Å². The van der Waals surface area contributed by atoms with Crippen LogP contribution in [-0.2, 0) is 10.1 Å². The van der Waals surface area contributed by atoms with Crippen LogP contribution in [0, 0.1) is 0 Å². The van der Waals surface area contributed by atoms with Crippen LogP contribution in [0.15, 0.2) is 35.2 Å². The van der Waals surface area contributed by atoms with Gasteiger partial charge in [-0.1, -0.05) is 18.2 Å². The Bertz CT molecular complexity index is 355. The molecule has 0 radical (unpaired) electrons. The summed E-state index contributed by atoms with van der Waals surface area (Å²) in [6.45, 7) is 0. The fourth-order valence-electron chi connectivity index (χ4n) is 0.782. The first-order valence-electron chi connectivity index (χ1n) is 3.71. The van der Waals surface area contributed by atoms with Crippen LogP contribution in [-0.4, -0.2) is 24.5 Å². The Hall–Kier alpha value is 0.480. The fraction of sp³-hybridized carbons (Fsp3) is 0.250. The van der Waals surface area contributed by atoms with E-state index in [-0.39, 0.29) is 36.7 Å². The molecule has 74 valence electrons. The topological polar surface area (TPSA) is 54.4 Å². The van der Waals surface area contributed by atoms with Crippen molar-refractivity contribution in [1.29, 1.82) is 0 Å². The third kappa shape index (κ3) is 6.86. The molecule has 0 amide bonds. The smallest absolute Gasteiger partial charge is 1.00 e. The molecule has 3 nitrogen and oxygen atoms in total. The van der Waals surface area contributed by atoms with Crippen molar-refractivity contribution in [2.24, 2.45) is 0 Å². The molecule has 6 heteroatoms. The molecule has 0 saturated heterocycles. The molecule has 1 rings (SSSR count). The van der Waals surface area contributed by atoms with E-state index in [0.717, 1.165) is 4.90 Å². The van der Waals surface area contributed by atoms with E-state index in [0.29, 0.717) is 5.75 Å².